The fourth-order valence-electron chi connectivity index (χ4n) is 3.17. The van der Waals surface area contributed by atoms with E-state index in [1.54, 1.807) is 0 Å². The third kappa shape index (κ3) is 5.43. The third-order valence-corrected chi connectivity index (χ3v) is 4.71. The smallest absolute Gasteiger partial charge is 0.256 e. The van der Waals surface area contributed by atoms with Gasteiger partial charge in [0.25, 0.3) is 5.91 Å². The molecule has 0 radical (unpaired) electrons. The molecule has 5 heteroatoms. The predicted molar refractivity (Wildman–Crippen MR) is 100 cm³/mol. The van der Waals surface area contributed by atoms with Gasteiger partial charge >= 0.3 is 0 Å². The lowest BCUT2D eigenvalue weighted by atomic mass is 9.83. The van der Waals surface area contributed by atoms with Crippen LogP contribution in [0, 0.1) is 6.92 Å². The van der Waals surface area contributed by atoms with E-state index in [9.17, 15) is 4.79 Å². The molecule has 5 nitrogen and oxygen atoms in total. The summed E-state index contributed by atoms with van der Waals surface area (Å²) in [6.07, 6.45) is 7.86. The lowest BCUT2D eigenvalue weighted by Gasteiger charge is -2.35. The topological polar surface area (TPSA) is 60.5 Å². The molecule has 2 rings (SSSR count). The lowest BCUT2D eigenvalue weighted by Crippen LogP contribution is -2.47. The predicted octanol–water partition coefficient (Wildman–Crippen LogP) is 4.64. The van der Waals surface area contributed by atoms with Crippen LogP contribution in [0.4, 0.5) is 5.69 Å². The van der Waals surface area contributed by atoms with E-state index in [0.717, 1.165) is 56.3 Å². The molecule has 0 saturated heterocycles. The second-order valence-corrected chi connectivity index (χ2v) is 6.84. The van der Waals surface area contributed by atoms with Gasteiger partial charge in [0.05, 0.1) is 18.0 Å². The summed E-state index contributed by atoms with van der Waals surface area (Å²) < 4.78 is 11.7. The van der Waals surface area contributed by atoms with Crippen molar-refractivity contribution >= 4 is 11.6 Å². The Hall–Kier alpha value is -1.62. The third-order valence-electron chi connectivity index (χ3n) is 4.71. The number of amides is 1. The Bertz CT molecular complexity index is 554. The van der Waals surface area contributed by atoms with E-state index in [1.165, 1.54) is 6.42 Å². The number of carbonyl (C=O) groups is 1. The van der Waals surface area contributed by atoms with Crippen LogP contribution in [0.25, 0.3) is 0 Å². The molecule has 1 aliphatic rings. The number of carbonyl (C=O) groups excluding carboxylic acids is 1. The summed E-state index contributed by atoms with van der Waals surface area (Å²) in [5, 5.41) is 3.04. The molecule has 1 aromatic heterocycles. The van der Waals surface area contributed by atoms with Gasteiger partial charge in [0, 0.05) is 12.7 Å². The summed E-state index contributed by atoms with van der Waals surface area (Å²) in [6, 6.07) is 3.69. The maximum absolute atomic E-state index is 12.9. The molecule has 1 saturated carbocycles. The largest absolute Gasteiger partial charge is 0.478 e. The van der Waals surface area contributed by atoms with Gasteiger partial charge in [-0.15, -0.1) is 0 Å². The van der Waals surface area contributed by atoms with Crippen molar-refractivity contribution in [2.45, 2.75) is 77.7 Å². The van der Waals surface area contributed by atoms with Crippen molar-refractivity contribution in [3.8, 4) is 5.88 Å². The number of nitrogens with one attached hydrogen (secondary N) is 1. The number of unbranched alkanes of at least 4 members (excludes halogenated alkanes) is 1. The highest BCUT2D eigenvalue weighted by atomic mass is 16.5. The van der Waals surface area contributed by atoms with Crippen LogP contribution in [-0.4, -0.2) is 29.7 Å². The van der Waals surface area contributed by atoms with Gasteiger partial charge in [-0.1, -0.05) is 39.5 Å². The SMILES string of the molecule is CCCCOc1ccc(NC(=O)C2(OCCC)CCCCC2)c(C)n1. The van der Waals surface area contributed by atoms with Crippen molar-refractivity contribution in [2.24, 2.45) is 0 Å². The average molecular weight is 348 g/mol. The molecule has 140 valence electrons. The minimum Gasteiger partial charge on any atom is -0.478 e. The maximum atomic E-state index is 12.9. The van der Waals surface area contributed by atoms with Gasteiger partial charge in [-0.2, -0.15) is 0 Å². The second kappa shape index (κ2) is 9.76. The van der Waals surface area contributed by atoms with Gasteiger partial charge in [0.1, 0.15) is 5.60 Å². The van der Waals surface area contributed by atoms with E-state index in [4.69, 9.17) is 9.47 Å². The Morgan fingerprint density at radius 3 is 2.56 bits per heavy atom. The molecule has 25 heavy (non-hydrogen) atoms. The number of aryl methyl sites for hydroxylation is 1. The second-order valence-electron chi connectivity index (χ2n) is 6.84. The van der Waals surface area contributed by atoms with E-state index in [-0.39, 0.29) is 5.91 Å². The number of aromatic nitrogens is 1. The standard InChI is InChI=1S/C20H32N2O3/c1-4-6-15-24-18-11-10-17(16(3)21-18)22-19(23)20(25-14-5-2)12-8-7-9-13-20/h10-11H,4-9,12-15H2,1-3H3,(H,22,23). The van der Waals surface area contributed by atoms with Gasteiger partial charge in [-0.05, 0) is 38.7 Å². The fourth-order valence-corrected chi connectivity index (χ4v) is 3.17. The van der Waals surface area contributed by atoms with Gasteiger partial charge in [0.15, 0.2) is 0 Å². The van der Waals surface area contributed by atoms with Crippen LogP contribution in [-0.2, 0) is 9.53 Å². The molecule has 1 aromatic rings. The van der Waals surface area contributed by atoms with Crippen LogP contribution in [0.2, 0.25) is 0 Å². The van der Waals surface area contributed by atoms with Crippen molar-refractivity contribution in [1.82, 2.24) is 4.98 Å². The monoisotopic (exact) mass is 348 g/mol. The highest BCUT2D eigenvalue weighted by Crippen LogP contribution is 2.33. The van der Waals surface area contributed by atoms with Crippen LogP contribution >= 0.6 is 0 Å². The zero-order chi connectivity index (χ0) is 18.1. The van der Waals surface area contributed by atoms with Gasteiger partial charge in [0.2, 0.25) is 5.88 Å². The Morgan fingerprint density at radius 2 is 1.92 bits per heavy atom. The first-order valence-corrected chi connectivity index (χ1v) is 9.67. The van der Waals surface area contributed by atoms with Gasteiger partial charge in [-0.25, -0.2) is 4.98 Å². The summed E-state index contributed by atoms with van der Waals surface area (Å²) in [7, 11) is 0. The molecule has 1 heterocycles. The molecule has 1 N–H and O–H groups in total. The summed E-state index contributed by atoms with van der Waals surface area (Å²) in [4.78, 5) is 17.4. The number of anilines is 1. The molecule has 0 spiro atoms. The van der Waals surface area contributed by atoms with E-state index < -0.39 is 5.60 Å². The van der Waals surface area contributed by atoms with E-state index >= 15 is 0 Å². The molecular formula is C20H32N2O3. The molecular weight excluding hydrogens is 316 g/mol. The Morgan fingerprint density at radius 1 is 1.16 bits per heavy atom. The molecule has 1 fully saturated rings. The van der Waals surface area contributed by atoms with E-state index in [1.807, 2.05) is 19.1 Å². The molecule has 0 unspecified atom stereocenters. The minimum atomic E-state index is -0.684. The number of hydrogen-bond donors (Lipinski definition) is 1. The van der Waals surface area contributed by atoms with Crippen LogP contribution in [0.1, 0.15) is 70.9 Å². The lowest BCUT2D eigenvalue weighted by molar-refractivity contribution is -0.146. The van der Waals surface area contributed by atoms with Crippen molar-refractivity contribution in [1.29, 1.82) is 0 Å². The first-order valence-electron chi connectivity index (χ1n) is 9.67. The Kier molecular flexibility index (Phi) is 7.69. The first kappa shape index (κ1) is 19.7. The summed E-state index contributed by atoms with van der Waals surface area (Å²) >= 11 is 0. The number of pyridine rings is 1. The van der Waals surface area contributed by atoms with Crippen molar-refractivity contribution in [3.63, 3.8) is 0 Å². The highest BCUT2D eigenvalue weighted by molar-refractivity contribution is 5.97. The number of rotatable bonds is 9. The van der Waals surface area contributed by atoms with E-state index in [0.29, 0.717) is 19.1 Å². The summed E-state index contributed by atoms with van der Waals surface area (Å²) in [5.41, 5.74) is 0.818. The van der Waals surface area contributed by atoms with Crippen LogP contribution in [0.5, 0.6) is 5.88 Å². The first-order chi connectivity index (χ1) is 12.1. The summed E-state index contributed by atoms with van der Waals surface area (Å²) in [6.45, 7) is 7.38. The summed E-state index contributed by atoms with van der Waals surface area (Å²) in [5.74, 6) is 0.573. The van der Waals surface area contributed by atoms with E-state index in [2.05, 4.69) is 24.1 Å². The van der Waals surface area contributed by atoms with Crippen LogP contribution < -0.4 is 10.1 Å². The fraction of sp³-hybridized carbons (Fsp3) is 0.700. The normalized spacial score (nSPS) is 16.4. The average Bonchev–Trinajstić information content (AvgIpc) is 2.63. The number of hydrogen-bond acceptors (Lipinski definition) is 4. The van der Waals surface area contributed by atoms with Crippen molar-refractivity contribution in [3.05, 3.63) is 17.8 Å². The van der Waals surface area contributed by atoms with Gasteiger partial charge < -0.3 is 14.8 Å². The van der Waals surface area contributed by atoms with Crippen molar-refractivity contribution in [2.75, 3.05) is 18.5 Å². The molecule has 1 aliphatic carbocycles. The highest BCUT2D eigenvalue weighted by Gasteiger charge is 2.40. The Labute approximate surface area is 151 Å². The van der Waals surface area contributed by atoms with Gasteiger partial charge in [-0.3, -0.25) is 4.79 Å². The zero-order valence-electron chi connectivity index (χ0n) is 15.9. The van der Waals surface area contributed by atoms with Crippen molar-refractivity contribution < 1.29 is 14.3 Å². The molecule has 0 aromatic carbocycles. The quantitative estimate of drug-likeness (QED) is 0.661. The number of nitrogens with zero attached hydrogens (tertiary/aromatic N) is 1. The number of ether oxygens (including phenoxy) is 2. The minimum absolute atomic E-state index is 0.0369. The molecule has 1 amide bonds. The molecule has 0 atom stereocenters. The zero-order valence-corrected chi connectivity index (χ0v) is 15.9. The molecule has 0 aliphatic heterocycles. The molecule has 0 bridgehead atoms. The Balaban J connectivity index is 2.04. The maximum Gasteiger partial charge on any atom is 0.256 e. The van der Waals surface area contributed by atoms with Crippen LogP contribution in [0.15, 0.2) is 12.1 Å². The van der Waals surface area contributed by atoms with Crippen LogP contribution in [0.3, 0.4) is 0 Å².